The molecule has 3 fully saturated rings. The van der Waals surface area contributed by atoms with E-state index in [1.54, 1.807) is 11.8 Å². The Bertz CT molecular complexity index is 632. The van der Waals surface area contributed by atoms with Gasteiger partial charge in [0.15, 0.2) is 0 Å². The van der Waals surface area contributed by atoms with E-state index >= 15 is 0 Å². The van der Waals surface area contributed by atoms with Crippen LogP contribution in [0.25, 0.3) is 0 Å². The maximum absolute atomic E-state index is 12.9. The first kappa shape index (κ1) is 20.9. The van der Waals surface area contributed by atoms with Gasteiger partial charge in [0.25, 0.3) is 0 Å². The highest BCUT2D eigenvalue weighted by atomic mass is 16.6. The number of amides is 2. The minimum absolute atomic E-state index is 0.00385. The van der Waals surface area contributed by atoms with Crippen molar-refractivity contribution in [3.05, 3.63) is 0 Å². The number of rotatable bonds is 4. The third-order valence-corrected chi connectivity index (χ3v) is 6.05. The molecule has 2 saturated heterocycles. The largest absolute Gasteiger partial charge is 0.466 e. The number of fused-ring (bicyclic) bond motifs is 2. The third-order valence-electron chi connectivity index (χ3n) is 6.05. The molecule has 0 aromatic heterocycles. The summed E-state index contributed by atoms with van der Waals surface area (Å²) in [5.74, 6) is -0.309. The first-order chi connectivity index (χ1) is 13.1. The average Bonchev–Trinajstić information content (AvgIpc) is 3.06. The SMILES string of the molecule is CCOC(=O)C[C@@H]1[C@@H]2CC(CC[C@@H]2N2CC[C@H](N)C2=O)N1C(=O)OC(C)(C)C. The first-order valence-corrected chi connectivity index (χ1v) is 10.4. The van der Waals surface area contributed by atoms with Crippen LogP contribution in [0.1, 0.15) is 59.8 Å². The van der Waals surface area contributed by atoms with Gasteiger partial charge >= 0.3 is 12.1 Å². The van der Waals surface area contributed by atoms with Gasteiger partial charge in [0.05, 0.1) is 25.1 Å². The van der Waals surface area contributed by atoms with Crippen molar-refractivity contribution in [2.45, 2.75) is 89.6 Å². The number of esters is 1. The quantitative estimate of drug-likeness (QED) is 0.726. The van der Waals surface area contributed by atoms with Gasteiger partial charge in [-0.3, -0.25) is 9.59 Å². The number of likely N-dealkylation sites (tertiary alicyclic amines) is 2. The molecule has 28 heavy (non-hydrogen) atoms. The van der Waals surface area contributed by atoms with Gasteiger partial charge in [-0.1, -0.05) is 0 Å². The number of nitrogens with two attached hydrogens (primary N) is 1. The molecule has 5 atom stereocenters. The second-order valence-corrected chi connectivity index (χ2v) is 9.09. The number of nitrogens with zero attached hydrogens (tertiary/aromatic N) is 2. The fraction of sp³-hybridized carbons (Fsp3) is 0.850. The third kappa shape index (κ3) is 4.11. The highest BCUT2D eigenvalue weighted by molar-refractivity contribution is 5.84. The molecule has 1 unspecified atom stereocenters. The van der Waals surface area contributed by atoms with E-state index in [1.165, 1.54) is 0 Å². The maximum Gasteiger partial charge on any atom is 0.410 e. The number of hydrogen-bond donors (Lipinski definition) is 1. The molecule has 0 spiro atoms. The molecule has 8 nitrogen and oxygen atoms in total. The van der Waals surface area contributed by atoms with Crippen molar-refractivity contribution in [1.82, 2.24) is 9.80 Å². The fourth-order valence-corrected chi connectivity index (χ4v) is 4.99. The second-order valence-electron chi connectivity index (χ2n) is 9.09. The van der Waals surface area contributed by atoms with Crippen LogP contribution < -0.4 is 5.73 Å². The molecule has 2 amide bonds. The monoisotopic (exact) mass is 395 g/mol. The van der Waals surface area contributed by atoms with Gasteiger partial charge in [-0.2, -0.15) is 0 Å². The van der Waals surface area contributed by atoms with Crippen LogP contribution in [0.5, 0.6) is 0 Å². The van der Waals surface area contributed by atoms with Crippen molar-refractivity contribution < 1.29 is 23.9 Å². The van der Waals surface area contributed by atoms with Crippen LogP contribution in [0.4, 0.5) is 4.79 Å². The Morgan fingerprint density at radius 1 is 1.21 bits per heavy atom. The summed E-state index contributed by atoms with van der Waals surface area (Å²) < 4.78 is 10.8. The molecule has 1 aliphatic carbocycles. The highest BCUT2D eigenvalue weighted by Crippen LogP contribution is 2.45. The lowest BCUT2D eigenvalue weighted by Gasteiger charge is -2.36. The van der Waals surface area contributed by atoms with Gasteiger partial charge in [-0.05, 0) is 53.4 Å². The minimum atomic E-state index is -0.612. The molecular formula is C20H33N3O5. The zero-order valence-electron chi connectivity index (χ0n) is 17.3. The Morgan fingerprint density at radius 2 is 1.93 bits per heavy atom. The molecule has 2 heterocycles. The smallest absolute Gasteiger partial charge is 0.410 e. The van der Waals surface area contributed by atoms with E-state index in [0.29, 0.717) is 19.6 Å². The summed E-state index contributed by atoms with van der Waals surface area (Å²) in [6, 6.07) is -0.730. The van der Waals surface area contributed by atoms with Crippen molar-refractivity contribution in [2.75, 3.05) is 13.2 Å². The van der Waals surface area contributed by atoms with E-state index in [0.717, 1.165) is 19.3 Å². The van der Waals surface area contributed by atoms with Crippen molar-refractivity contribution in [2.24, 2.45) is 11.7 Å². The summed E-state index contributed by atoms with van der Waals surface area (Å²) in [6.45, 7) is 8.21. The molecule has 2 bridgehead atoms. The van der Waals surface area contributed by atoms with Crippen molar-refractivity contribution in [1.29, 1.82) is 0 Å². The molecule has 0 aromatic rings. The normalized spacial score (nSPS) is 32.6. The second kappa shape index (κ2) is 7.89. The summed E-state index contributed by atoms with van der Waals surface area (Å²) in [5, 5.41) is 0. The fourth-order valence-electron chi connectivity index (χ4n) is 4.99. The molecule has 2 aliphatic heterocycles. The van der Waals surface area contributed by atoms with E-state index in [-0.39, 0.29) is 48.4 Å². The lowest BCUT2D eigenvalue weighted by Crippen LogP contribution is -2.49. The lowest BCUT2D eigenvalue weighted by molar-refractivity contribution is -0.144. The molecule has 0 aromatic carbocycles. The number of hydrogen-bond acceptors (Lipinski definition) is 6. The van der Waals surface area contributed by atoms with E-state index in [9.17, 15) is 14.4 Å². The van der Waals surface area contributed by atoms with E-state index in [4.69, 9.17) is 15.2 Å². The van der Waals surface area contributed by atoms with Gasteiger partial charge in [-0.25, -0.2) is 4.79 Å². The van der Waals surface area contributed by atoms with Crippen molar-refractivity contribution >= 4 is 18.0 Å². The standard InChI is InChI=1S/C20H33N3O5/c1-5-27-17(24)11-16-13-10-12(23(16)19(26)28-20(2,3)4)6-7-15(13)22-9-8-14(21)18(22)25/h12-16H,5-11,21H2,1-4H3/t12?,13-,14+,15+,16-/m1/s1. The van der Waals surface area contributed by atoms with Crippen LogP contribution >= 0.6 is 0 Å². The van der Waals surface area contributed by atoms with E-state index in [2.05, 4.69) is 0 Å². The molecule has 8 heteroatoms. The van der Waals surface area contributed by atoms with Crippen LogP contribution in [0.15, 0.2) is 0 Å². The molecular weight excluding hydrogens is 362 g/mol. The van der Waals surface area contributed by atoms with E-state index < -0.39 is 11.6 Å². The van der Waals surface area contributed by atoms with Crippen molar-refractivity contribution in [3.8, 4) is 0 Å². The molecule has 0 radical (unpaired) electrons. The molecule has 158 valence electrons. The predicted molar refractivity (Wildman–Crippen MR) is 102 cm³/mol. The summed E-state index contributed by atoms with van der Waals surface area (Å²) >= 11 is 0. The zero-order chi connectivity index (χ0) is 20.6. The van der Waals surface area contributed by atoms with Gasteiger partial charge < -0.3 is 25.0 Å². The average molecular weight is 396 g/mol. The summed E-state index contributed by atoms with van der Waals surface area (Å²) in [4.78, 5) is 41.4. The summed E-state index contributed by atoms with van der Waals surface area (Å²) in [6.07, 6.45) is 2.76. The van der Waals surface area contributed by atoms with Crippen LogP contribution in [0.3, 0.4) is 0 Å². The van der Waals surface area contributed by atoms with Crippen LogP contribution in [-0.2, 0) is 19.1 Å². The van der Waals surface area contributed by atoms with E-state index in [1.807, 2.05) is 25.7 Å². The summed E-state index contributed by atoms with van der Waals surface area (Å²) in [7, 11) is 0. The molecule has 2 N–H and O–H groups in total. The Hall–Kier alpha value is -1.83. The predicted octanol–water partition coefficient (Wildman–Crippen LogP) is 1.66. The minimum Gasteiger partial charge on any atom is -0.466 e. The van der Waals surface area contributed by atoms with Gasteiger partial charge in [0, 0.05) is 24.5 Å². The Labute approximate surface area is 166 Å². The first-order valence-electron chi connectivity index (χ1n) is 10.4. The Morgan fingerprint density at radius 3 is 2.50 bits per heavy atom. The van der Waals surface area contributed by atoms with Gasteiger partial charge in [0.2, 0.25) is 5.91 Å². The van der Waals surface area contributed by atoms with Crippen LogP contribution in [-0.4, -0.2) is 70.7 Å². The number of carbonyl (C=O) groups is 3. The van der Waals surface area contributed by atoms with Crippen LogP contribution in [0.2, 0.25) is 0 Å². The highest BCUT2D eigenvalue weighted by Gasteiger charge is 2.54. The van der Waals surface area contributed by atoms with Crippen molar-refractivity contribution in [3.63, 3.8) is 0 Å². The Kier molecular flexibility index (Phi) is 5.89. The molecule has 3 rings (SSSR count). The number of ether oxygens (including phenoxy) is 2. The molecule has 1 saturated carbocycles. The lowest BCUT2D eigenvalue weighted by atomic mass is 9.81. The molecule has 3 aliphatic rings. The number of carbonyl (C=O) groups excluding carboxylic acids is 3. The zero-order valence-corrected chi connectivity index (χ0v) is 17.3. The Balaban J connectivity index is 1.84. The van der Waals surface area contributed by atoms with Crippen LogP contribution in [0, 0.1) is 5.92 Å². The van der Waals surface area contributed by atoms with Gasteiger partial charge in [0.1, 0.15) is 5.60 Å². The maximum atomic E-state index is 12.9. The topological polar surface area (TPSA) is 102 Å². The van der Waals surface area contributed by atoms with Gasteiger partial charge in [-0.15, -0.1) is 0 Å². The summed E-state index contributed by atoms with van der Waals surface area (Å²) in [5.41, 5.74) is 5.31.